The Bertz CT molecular complexity index is 2040. The lowest BCUT2D eigenvalue weighted by molar-refractivity contribution is -0.679. The maximum Gasteiger partial charge on any atom is 0.226 e. The molecule has 0 radical (unpaired) electrons. The molecular formula is C44H51N3+2. The van der Waals surface area contributed by atoms with Crippen LogP contribution in [0.1, 0.15) is 88.1 Å². The van der Waals surface area contributed by atoms with Crippen LogP contribution in [0.2, 0.25) is 0 Å². The van der Waals surface area contributed by atoms with Gasteiger partial charge in [-0.1, -0.05) is 77.4 Å². The molecule has 0 spiro atoms. The second kappa shape index (κ2) is 11.8. The standard InChI is InChI=1S/C44H51N3/c1-9-12-16-31-21-23-37-40-34(31)24-26-47-29-32(28-46-25-14-13-19-39(46)35-27-33(45(7)8)22-20-30(35)4)44(10-2,11-3)38-18-15-17-36(43(37,5)6)41(38)42(40)47/h13-15,17-27,29H,9-12,16,28H2,1-8H3/q+2. The molecule has 47 heavy (non-hydrogen) atoms. The maximum atomic E-state index is 2.51. The predicted molar refractivity (Wildman–Crippen MR) is 198 cm³/mol. The molecule has 240 valence electrons. The number of hydrogen-bond donors (Lipinski definition) is 0. The Kier molecular flexibility index (Phi) is 7.86. The van der Waals surface area contributed by atoms with Gasteiger partial charge in [0.2, 0.25) is 11.4 Å². The van der Waals surface area contributed by atoms with E-state index in [0.717, 1.165) is 25.8 Å². The van der Waals surface area contributed by atoms with E-state index in [1.807, 2.05) is 0 Å². The number of benzene rings is 3. The molecule has 7 rings (SSSR count). The van der Waals surface area contributed by atoms with E-state index in [1.54, 1.807) is 0 Å². The minimum atomic E-state index is -0.0995. The second-order valence-electron chi connectivity index (χ2n) is 14.6. The number of aromatic nitrogens is 2. The normalized spacial score (nSPS) is 15.4. The van der Waals surface area contributed by atoms with Crippen LogP contribution >= 0.6 is 0 Å². The maximum absolute atomic E-state index is 2.51. The Labute approximate surface area is 282 Å². The first kappa shape index (κ1) is 31.4. The summed E-state index contributed by atoms with van der Waals surface area (Å²) in [6.45, 7) is 15.0. The Morgan fingerprint density at radius 2 is 1.57 bits per heavy atom. The van der Waals surface area contributed by atoms with Crippen LogP contribution in [0.5, 0.6) is 0 Å². The predicted octanol–water partition coefficient (Wildman–Crippen LogP) is 9.72. The van der Waals surface area contributed by atoms with E-state index in [4.69, 9.17) is 0 Å². The zero-order valence-corrected chi connectivity index (χ0v) is 29.7. The van der Waals surface area contributed by atoms with Crippen molar-refractivity contribution in [3.63, 3.8) is 0 Å². The molecule has 1 aliphatic carbocycles. The SMILES string of the molecule is CCCCc1ccc2c3c4[n+](ccc13)C=C(C[n+]1ccccc1-c1cc(N(C)C)ccc1C)C(CC)(CC)c1cccc(c1-4)C2(C)C. The number of rotatable bonds is 9. The van der Waals surface area contributed by atoms with Crippen LogP contribution < -0.4 is 14.0 Å². The van der Waals surface area contributed by atoms with Gasteiger partial charge in [0.25, 0.3) is 0 Å². The summed E-state index contributed by atoms with van der Waals surface area (Å²) in [7, 11) is 4.24. The molecule has 0 N–H and O–H groups in total. The monoisotopic (exact) mass is 621 g/mol. The van der Waals surface area contributed by atoms with E-state index in [9.17, 15) is 0 Å². The van der Waals surface area contributed by atoms with Crippen LogP contribution in [0.25, 0.3) is 39.5 Å². The summed E-state index contributed by atoms with van der Waals surface area (Å²) < 4.78 is 4.98. The summed E-state index contributed by atoms with van der Waals surface area (Å²) in [6.07, 6.45) is 12.8. The van der Waals surface area contributed by atoms with Gasteiger partial charge in [-0.3, -0.25) is 0 Å². The van der Waals surface area contributed by atoms with Crippen LogP contribution in [0.4, 0.5) is 5.69 Å². The van der Waals surface area contributed by atoms with Crippen molar-refractivity contribution in [3.05, 3.63) is 119 Å². The molecule has 0 bridgehead atoms. The van der Waals surface area contributed by atoms with Gasteiger partial charge in [-0.15, -0.1) is 0 Å². The fourth-order valence-corrected chi connectivity index (χ4v) is 8.75. The van der Waals surface area contributed by atoms with E-state index in [2.05, 4.69) is 161 Å². The van der Waals surface area contributed by atoms with Gasteiger partial charge in [-0.05, 0) is 84.0 Å². The van der Waals surface area contributed by atoms with Crippen molar-refractivity contribution < 1.29 is 9.13 Å². The van der Waals surface area contributed by atoms with Crippen LogP contribution in [0.3, 0.4) is 0 Å². The Balaban J connectivity index is 1.51. The third-order valence-corrected chi connectivity index (χ3v) is 11.6. The second-order valence-corrected chi connectivity index (χ2v) is 14.6. The van der Waals surface area contributed by atoms with E-state index >= 15 is 0 Å². The molecule has 2 aromatic heterocycles. The van der Waals surface area contributed by atoms with Crippen LogP contribution in [-0.4, -0.2) is 14.1 Å². The highest BCUT2D eigenvalue weighted by Gasteiger charge is 2.47. The molecule has 0 saturated heterocycles. The van der Waals surface area contributed by atoms with Crippen molar-refractivity contribution in [1.82, 2.24) is 0 Å². The minimum absolute atomic E-state index is 0.0902. The zero-order valence-electron chi connectivity index (χ0n) is 29.7. The molecule has 0 fully saturated rings. The van der Waals surface area contributed by atoms with Gasteiger partial charge < -0.3 is 4.90 Å². The van der Waals surface area contributed by atoms with E-state index in [-0.39, 0.29) is 10.8 Å². The average Bonchev–Trinajstić information content (AvgIpc) is 3.19. The lowest BCUT2D eigenvalue weighted by atomic mass is 9.63. The molecule has 3 heteroatoms. The molecular weight excluding hydrogens is 571 g/mol. The molecule has 0 saturated carbocycles. The Morgan fingerprint density at radius 3 is 2.32 bits per heavy atom. The van der Waals surface area contributed by atoms with Gasteiger partial charge in [0, 0.05) is 48.8 Å². The first-order valence-electron chi connectivity index (χ1n) is 17.8. The molecule has 3 heterocycles. The molecule has 0 amide bonds. The van der Waals surface area contributed by atoms with Gasteiger partial charge in [0.1, 0.15) is 0 Å². The third kappa shape index (κ3) is 4.76. The van der Waals surface area contributed by atoms with Crippen molar-refractivity contribution in [2.75, 3.05) is 19.0 Å². The molecule has 2 aliphatic rings. The number of nitrogens with zero attached hydrogens (tertiary/aromatic N) is 3. The van der Waals surface area contributed by atoms with Crippen molar-refractivity contribution in [3.8, 4) is 22.5 Å². The lowest BCUT2D eigenvalue weighted by Gasteiger charge is -2.38. The average molecular weight is 622 g/mol. The van der Waals surface area contributed by atoms with Gasteiger partial charge in [0.15, 0.2) is 25.1 Å². The number of pyridine rings is 2. The highest BCUT2D eigenvalue weighted by Crippen LogP contribution is 2.54. The third-order valence-electron chi connectivity index (χ3n) is 11.6. The van der Waals surface area contributed by atoms with E-state index in [0.29, 0.717) is 0 Å². The smallest absolute Gasteiger partial charge is 0.226 e. The van der Waals surface area contributed by atoms with E-state index in [1.165, 1.54) is 85.2 Å². The van der Waals surface area contributed by atoms with Crippen LogP contribution in [0, 0.1) is 6.92 Å². The zero-order chi connectivity index (χ0) is 33.1. The fraction of sp³-hybridized carbons (Fsp3) is 0.364. The first-order valence-corrected chi connectivity index (χ1v) is 17.8. The van der Waals surface area contributed by atoms with Crippen molar-refractivity contribution in [1.29, 1.82) is 0 Å². The quantitative estimate of drug-likeness (QED) is 0.149. The highest BCUT2D eigenvalue weighted by molar-refractivity contribution is 6.03. The molecule has 0 unspecified atom stereocenters. The van der Waals surface area contributed by atoms with Gasteiger partial charge >= 0.3 is 0 Å². The summed E-state index contributed by atoms with van der Waals surface area (Å²) in [5, 5.41) is 2.89. The van der Waals surface area contributed by atoms with Gasteiger partial charge in [0.05, 0.1) is 22.1 Å². The van der Waals surface area contributed by atoms with Crippen molar-refractivity contribution in [2.24, 2.45) is 0 Å². The largest absolute Gasteiger partial charge is 0.378 e. The summed E-state index contributed by atoms with van der Waals surface area (Å²) in [5.41, 5.74) is 15.1. The van der Waals surface area contributed by atoms with Crippen LogP contribution in [-0.2, 0) is 23.8 Å². The molecule has 0 atom stereocenters. The molecule has 3 aromatic carbocycles. The van der Waals surface area contributed by atoms with Crippen LogP contribution in [0.15, 0.2) is 90.8 Å². The molecule has 3 nitrogen and oxygen atoms in total. The Hall–Kier alpha value is -4.24. The minimum Gasteiger partial charge on any atom is -0.378 e. The topological polar surface area (TPSA) is 11.0 Å². The van der Waals surface area contributed by atoms with Gasteiger partial charge in [-0.25, -0.2) is 0 Å². The number of unbranched alkanes of at least 4 members (excludes halogenated alkanes) is 1. The Morgan fingerprint density at radius 1 is 0.787 bits per heavy atom. The van der Waals surface area contributed by atoms with Gasteiger partial charge in [-0.2, -0.15) is 9.13 Å². The number of aryl methyl sites for hydroxylation is 2. The van der Waals surface area contributed by atoms with Crippen molar-refractivity contribution >= 4 is 22.7 Å². The number of hydrogen-bond acceptors (Lipinski definition) is 1. The number of anilines is 1. The summed E-state index contributed by atoms with van der Waals surface area (Å²) in [4.78, 5) is 2.19. The summed E-state index contributed by atoms with van der Waals surface area (Å²) in [6, 6.07) is 28.0. The lowest BCUT2D eigenvalue weighted by Crippen LogP contribution is -2.43. The highest BCUT2D eigenvalue weighted by atomic mass is 15.1. The van der Waals surface area contributed by atoms with E-state index < -0.39 is 0 Å². The summed E-state index contributed by atoms with van der Waals surface area (Å²) in [5.74, 6) is 0. The molecule has 5 aromatic rings. The van der Waals surface area contributed by atoms with Crippen molar-refractivity contribution in [2.45, 2.75) is 91.0 Å². The first-order chi connectivity index (χ1) is 22.7. The number of allylic oxidation sites excluding steroid dienone is 1. The molecule has 1 aliphatic heterocycles. The summed E-state index contributed by atoms with van der Waals surface area (Å²) >= 11 is 0. The fourth-order valence-electron chi connectivity index (χ4n) is 8.75.